The molecule has 1 N–H and O–H groups in total. The third-order valence-electron chi connectivity index (χ3n) is 2.60. The largest absolute Gasteiger partial charge is 0.573 e. The van der Waals surface area contributed by atoms with Crippen molar-refractivity contribution in [3.63, 3.8) is 0 Å². The molecule has 0 heterocycles. The number of hydrogen-bond donors (Lipinski definition) is 1. The first-order valence-corrected chi connectivity index (χ1v) is 6.44. The molecule has 6 heteroatoms. The van der Waals surface area contributed by atoms with Gasteiger partial charge in [-0.2, -0.15) is 0 Å². The summed E-state index contributed by atoms with van der Waals surface area (Å²) in [5.74, 6) is -0.410. The van der Waals surface area contributed by atoms with E-state index < -0.39 is 18.2 Å². The first-order chi connectivity index (χ1) is 9.37. The number of rotatable bonds is 3. The lowest BCUT2D eigenvalue weighted by molar-refractivity contribution is -0.275. The SMILES string of the molecule is OC(c1cccc(Br)c1)c1ccccc1OC(F)(F)F. The maximum absolute atomic E-state index is 12.3. The Balaban J connectivity index is 2.37. The summed E-state index contributed by atoms with van der Waals surface area (Å²) >= 11 is 3.25. The number of para-hydroxylation sites is 1. The number of ether oxygens (including phenoxy) is 1. The summed E-state index contributed by atoms with van der Waals surface area (Å²) in [5.41, 5.74) is 0.528. The molecule has 0 fully saturated rings. The van der Waals surface area contributed by atoms with E-state index in [9.17, 15) is 18.3 Å². The molecule has 2 rings (SSSR count). The minimum absolute atomic E-state index is 0.0583. The normalized spacial score (nSPS) is 13.1. The summed E-state index contributed by atoms with van der Waals surface area (Å²) in [6.07, 6.45) is -6.00. The molecule has 2 nitrogen and oxygen atoms in total. The van der Waals surface area contributed by atoms with Gasteiger partial charge >= 0.3 is 6.36 Å². The van der Waals surface area contributed by atoms with Crippen LogP contribution in [0.25, 0.3) is 0 Å². The van der Waals surface area contributed by atoms with Crippen LogP contribution in [-0.2, 0) is 0 Å². The number of halogens is 4. The molecule has 2 aromatic rings. The van der Waals surface area contributed by atoms with Gasteiger partial charge in [0, 0.05) is 10.0 Å². The third-order valence-corrected chi connectivity index (χ3v) is 3.10. The van der Waals surface area contributed by atoms with Gasteiger partial charge in [-0.25, -0.2) is 0 Å². The lowest BCUT2D eigenvalue weighted by atomic mass is 10.0. The van der Waals surface area contributed by atoms with Crippen LogP contribution in [0.3, 0.4) is 0 Å². The highest BCUT2D eigenvalue weighted by Crippen LogP contribution is 2.33. The van der Waals surface area contributed by atoms with Crippen molar-refractivity contribution in [3.8, 4) is 5.75 Å². The summed E-state index contributed by atoms with van der Waals surface area (Å²) in [6.45, 7) is 0. The van der Waals surface area contributed by atoms with E-state index in [2.05, 4.69) is 20.7 Å². The van der Waals surface area contributed by atoms with Gasteiger partial charge in [-0.15, -0.1) is 13.2 Å². The van der Waals surface area contributed by atoms with Crippen molar-refractivity contribution < 1.29 is 23.0 Å². The van der Waals surface area contributed by atoms with Crippen LogP contribution >= 0.6 is 15.9 Å². The van der Waals surface area contributed by atoms with E-state index in [4.69, 9.17) is 0 Å². The molecular weight excluding hydrogens is 337 g/mol. The lowest BCUT2D eigenvalue weighted by Crippen LogP contribution is -2.18. The fourth-order valence-corrected chi connectivity index (χ4v) is 2.20. The van der Waals surface area contributed by atoms with Crippen molar-refractivity contribution in [3.05, 3.63) is 64.1 Å². The molecule has 0 aliphatic carbocycles. The van der Waals surface area contributed by atoms with Crippen LogP contribution in [0.4, 0.5) is 13.2 Å². The van der Waals surface area contributed by atoms with Gasteiger partial charge in [-0.3, -0.25) is 0 Å². The second kappa shape index (κ2) is 5.85. The molecule has 0 spiro atoms. The molecule has 0 aliphatic heterocycles. The molecule has 20 heavy (non-hydrogen) atoms. The molecule has 106 valence electrons. The minimum atomic E-state index is -4.80. The zero-order chi connectivity index (χ0) is 14.8. The Kier molecular flexibility index (Phi) is 4.35. The van der Waals surface area contributed by atoms with E-state index in [1.54, 1.807) is 30.3 Å². The molecule has 0 aromatic heterocycles. The molecule has 0 bridgehead atoms. The van der Waals surface area contributed by atoms with Gasteiger partial charge in [0.25, 0.3) is 0 Å². The van der Waals surface area contributed by atoms with Crippen molar-refractivity contribution in [1.29, 1.82) is 0 Å². The monoisotopic (exact) mass is 346 g/mol. The van der Waals surface area contributed by atoms with Crippen molar-refractivity contribution in [2.45, 2.75) is 12.5 Å². The molecular formula is C14H10BrF3O2. The first-order valence-electron chi connectivity index (χ1n) is 5.65. The highest BCUT2D eigenvalue weighted by atomic mass is 79.9. The average Bonchev–Trinajstić information content (AvgIpc) is 2.37. The number of aliphatic hydroxyl groups excluding tert-OH is 1. The van der Waals surface area contributed by atoms with E-state index in [-0.39, 0.29) is 5.56 Å². The second-order valence-electron chi connectivity index (χ2n) is 4.04. The molecule has 0 radical (unpaired) electrons. The quantitative estimate of drug-likeness (QED) is 0.890. The van der Waals surface area contributed by atoms with E-state index in [1.807, 2.05) is 0 Å². The van der Waals surface area contributed by atoms with Crippen LogP contribution in [0.1, 0.15) is 17.2 Å². The first kappa shape index (κ1) is 14.9. The molecule has 0 saturated heterocycles. The van der Waals surface area contributed by atoms with Gasteiger partial charge in [0.05, 0.1) is 0 Å². The average molecular weight is 347 g/mol. The van der Waals surface area contributed by atoms with E-state index >= 15 is 0 Å². The summed E-state index contributed by atoms with van der Waals surface area (Å²) in [4.78, 5) is 0. The summed E-state index contributed by atoms with van der Waals surface area (Å²) in [6, 6.07) is 12.2. The van der Waals surface area contributed by atoms with Crippen molar-refractivity contribution in [2.24, 2.45) is 0 Å². The number of benzene rings is 2. The van der Waals surface area contributed by atoms with Crippen molar-refractivity contribution in [2.75, 3.05) is 0 Å². The molecule has 1 unspecified atom stereocenters. The standard InChI is InChI=1S/C14H10BrF3O2/c15-10-5-3-4-9(8-10)13(19)11-6-1-2-7-12(11)20-14(16,17)18/h1-8,13,19H. The maximum atomic E-state index is 12.3. The maximum Gasteiger partial charge on any atom is 0.573 e. The van der Waals surface area contributed by atoms with Crippen LogP contribution in [0, 0.1) is 0 Å². The van der Waals surface area contributed by atoms with Crippen molar-refractivity contribution in [1.82, 2.24) is 0 Å². The summed E-state index contributed by atoms with van der Waals surface area (Å²) in [7, 11) is 0. The number of hydrogen-bond acceptors (Lipinski definition) is 2. The predicted molar refractivity (Wildman–Crippen MR) is 71.3 cm³/mol. The minimum Gasteiger partial charge on any atom is -0.405 e. The molecule has 0 aliphatic rings. The van der Waals surface area contributed by atoms with Gasteiger partial charge in [-0.1, -0.05) is 46.3 Å². The van der Waals surface area contributed by atoms with Crippen molar-refractivity contribution >= 4 is 15.9 Å². The van der Waals surface area contributed by atoms with E-state index in [1.165, 1.54) is 18.2 Å². The van der Waals surface area contributed by atoms with Crippen LogP contribution in [0.15, 0.2) is 53.0 Å². The Labute approximate surface area is 121 Å². The molecule has 1 atom stereocenters. The highest BCUT2D eigenvalue weighted by Gasteiger charge is 2.32. The van der Waals surface area contributed by atoms with Gasteiger partial charge < -0.3 is 9.84 Å². The molecule has 0 saturated carbocycles. The Morgan fingerprint density at radius 3 is 2.40 bits per heavy atom. The fraction of sp³-hybridized carbons (Fsp3) is 0.143. The number of alkyl halides is 3. The van der Waals surface area contributed by atoms with Crippen LogP contribution in [0.2, 0.25) is 0 Å². The van der Waals surface area contributed by atoms with Gasteiger partial charge in [-0.05, 0) is 23.8 Å². The Hall–Kier alpha value is -1.53. The smallest absolute Gasteiger partial charge is 0.405 e. The van der Waals surface area contributed by atoms with Gasteiger partial charge in [0.15, 0.2) is 0 Å². The highest BCUT2D eigenvalue weighted by molar-refractivity contribution is 9.10. The molecule has 0 amide bonds. The Morgan fingerprint density at radius 2 is 1.75 bits per heavy atom. The Morgan fingerprint density at radius 1 is 1.05 bits per heavy atom. The van der Waals surface area contributed by atoms with Crippen LogP contribution in [0.5, 0.6) is 5.75 Å². The van der Waals surface area contributed by atoms with E-state index in [0.29, 0.717) is 5.56 Å². The second-order valence-corrected chi connectivity index (χ2v) is 4.96. The van der Waals surface area contributed by atoms with Crippen LogP contribution in [-0.4, -0.2) is 11.5 Å². The van der Waals surface area contributed by atoms with Crippen LogP contribution < -0.4 is 4.74 Å². The topological polar surface area (TPSA) is 29.5 Å². The zero-order valence-electron chi connectivity index (χ0n) is 10.1. The zero-order valence-corrected chi connectivity index (χ0v) is 11.6. The van der Waals surface area contributed by atoms with E-state index in [0.717, 1.165) is 4.47 Å². The Bertz CT molecular complexity index is 599. The third kappa shape index (κ3) is 3.74. The van der Waals surface area contributed by atoms with Gasteiger partial charge in [0.2, 0.25) is 0 Å². The predicted octanol–water partition coefficient (Wildman–Crippen LogP) is 4.43. The summed E-state index contributed by atoms with van der Waals surface area (Å²) < 4.78 is 41.7. The summed E-state index contributed by atoms with van der Waals surface area (Å²) in [5, 5.41) is 10.2. The lowest BCUT2D eigenvalue weighted by Gasteiger charge is -2.17. The fourth-order valence-electron chi connectivity index (χ4n) is 1.78. The van der Waals surface area contributed by atoms with Gasteiger partial charge in [0.1, 0.15) is 11.9 Å². The number of aliphatic hydroxyl groups is 1. The molecule has 2 aromatic carbocycles.